The number of carbonyl (C=O) groups excluding carboxylic acids is 2. The van der Waals surface area contributed by atoms with E-state index >= 15 is 0 Å². The summed E-state index contributed by atoms with van der Waals surface area (Å²) in [6.45, 7) is 0.967. The van der Waals surface area contributed by atoms with Crippen LogP contribution in [0.1, 0.15) is 19.3 Å². The lowest BCUT2D eigenvalue weighted by atomic mass is 9.97. The molecule has 21 heavy (non-hydrogen) atoms. The minimum absolute atomic E-state index is 0.0560. The van der Waals surface area contributed by atoms with E-state index in [-0.39, 0.29) is 31.3 Å². The minimum atomic E-state index is -1.03. The molecular weight excluding hydrogens is 278 g/mol. The van der Waals surface area contributed by atoms with Gasteiger partial charge >= 0.3 is 5.97 Å². The molecule has 3 atom stereocenters. The molecule has 0 aromatic carbocycles. The summed E-state index contributed by atoms with van der Waals surface area (Å²) in [5.74, 6) is -2.00. The number of hydrogen-bond donors (Lipinski definition) is 3. The Balaban J connectivity index is 1.94. The number of rotatable bonds is 4. The molecule has 118 valence electrons. The van der Waals surface area contributed by atoms with Gasteiger partial charge in [-0.1, -0.05) is 0 Å². The van der Waals surface area contributed by atoms with Crippen LogP contribution in [0.3, 0.4) is 0 Å². The fourth-order valence-corrected chi connectivity index (χ4v) is 3.02. The van der Waals surface area contributed by atoms with Gasteiger partial charge in [-0.2, -0.15) is 0 Å². The topological polar surface area (TPSA) is 124 Å². The van der Waals surface area contributed by atoms with Gasteiger partial charge in [-0.25, -0.2) is 0 Å². The van der Waals surface area contributed by atoms with Crippen LogP contribution in [0.5, 0.6) is 0 Å². The van der Waals surface area contributed by atoms with Gasteiger partial charge in [0.05, 0.1) is 18.6 Å². The number of likely N-dealkylation sites (tertiary alicyclic amines) is 2. The number of nitrogens with two attached hydrogens (primary N) is 1. The highest BCUT2D eigenvalue weighted by Gasteiger charge is 2.38. The van der Waals surface area contributed by atoms with Gasteiger partial charge in [-0.15, -0.1) is 0 Å². The van der Waals surface area contributed by atoms with Gasteiger partial charge < -0.3 is 20.8 Å². The average Bonchev–Trinajstić information content (AvgIpc) is 2.80. The predicted octanol–water partition coefficient (Wildman–Crippen LogP) is -1.77. The molecule has 0 spiro atoms. The minimum Gasteiger partial charge on any atom is -0.480 e. The van der Waals surface area contributed by atoms with Gasteiger partial charge in [0.25, 0.3) is 0 Å². The molecule has 8 heteroatoms. The van der Waals surface area contributed by atoms with E-state index in [2.05, 4.69) is 0 Å². The molecule has 2 amide bonds. The zero-order valence-corrected chi connectivity index (χ0v) is 11.8. The van der Waals surface area contributed by atoms with Crippen molar-refractivity contribution in [3.63, 3.8) is 0 Å². The first kappa shape index (κ1) is 15.7. The van der Waals surface area contributed by atoms with E-state index in [9.17, 15) is 19.5 Å². The van der Waals surface area contributed by atoms with E-state index in [1.54, 1.807) is 4.90 Å². The summed E-state index contributed by atoms with van der Waals surface area (Å²) in [6, 6.07) is -0.833. The molecule has 0 aliphatic carbocycles. The molecule has 4 N–H and O–H groups in total. The number of primary amides is 1. The van der Waals surface area contributed by atoms with Gasteiger partial charge in [0.2, 0.25) is 11.8 Å². The number of nitrogens with zero attached hydrogens (tertiary/aromatic N) is 2. The van der Waals surface area contributed by atoms with E-state index in [0.717, 1.165) is 0 Å². The zero-order valence-electron chi connectivity index (χ0n) is 11.8. The second kappa shape index (κ2) is 6.40. The molecular formula is C13H21N3O5. The van der Waals surface area contributed by atoms with Gasteiger partial charge in [-0.3, -0.25) is 19.3 Å². The number of piperidine rings is 1. The van der Waals surface area contributed by atoms with Crippen molar-refractivity contribution in [3.8, 4) is 0 Å². The lowest BCUT2D eigenvalue weighted by Gasteiger charge is -2.33. The summed E-state index contributed by atoms with van der Waals surface area (Å²) < 4.78 is 0. The van der Waals surface area contributed by atoms with Crippen molar-refractivity contribution in [1.29, 1.82) is 0 Å². The molecule has 3 unspecified atom stereocenters. The van der Waals surface area contributed by atoms with Crippen LogP contribution < -0.4 is 5.73 Å². The summed E-state index contributed by atoms with van der Waals surface area (Å²) in [4.78, 5) is 37.6. The molecule has 2 saturated heterocycles. The van der Waals surface area contributed by atoms with E-state index in [4.69, 9.17) is 10.8 Å². The lowest BCUT2D eigenvalue weighted by Crippen LogP contribution is -2.49. The van der Waals surface area contributed by atoms with Crippen LogP contribution >= 0.6 is 0 Å². The highest BCUT2D eigenvalue weighted by atomic mass is 16.4. The number of carboxylic acids is 1. The first-order chi connectivity index (χ1) is 9.88. The van der Waals surface area contributed by atoms with Crippen molar-refractivity contribution in [3.05, 3.63) is 0 Å². The Morgan fingerprint density at radius 3 is 2.57 bits per heavy atom. The van der Waals surface area contributed by atoms with Crippen LogP contribution in [0.25, 0.3) is 0 Å². The second-order valence-electron chi connectivity index (χ2n) is 5.75. The average molecular weight is 299 g/mol. The highest BCUT2D eigenvalue weighted by molar-refractivity contribution is 5.82. The third kappa shape index (κ3) is 3.70. The first-order valence-corrected chi connectivity index (χ1v) is 7.10. The fourth-order valence-electron chi connectivity index (χ4n) is 3.02. The number of carboxylic acid groups (broad SMARTS) is 1. The Hall–Kier alpha value is -1.67. The summed E-state index contributed by atoms with van der Waals surface area (Å²) in [6.07, 6.45) is 0.800. The van der Waals surface area contributed by atoms with Gasteiger partial charge in [0, 0.05) is 26.1 Å². The molecule has 0 saturated carbocycles. The number of aliphatic carboxylic acids is 1. The summed E-state index contributed by atoms with van der Waals surface area (Å²) in [7, 11) is 0. The van der Waals surface area contributed by atoms with Crippen LogP contribution in [-0.2, 0) is 14.4 Å². The highest BCUT2D eigenvalue weighted by Crippen LogP contribution is 2.20. The summed E-state index contributed by atoms with van der Waals surface area (Å²) in [5, 5.41) is 18.7. The molecule has 0 aromatic heterocycles. The molecule has 8 nitrogen and oxygen atoms in total. The fraction of sp³-hybridized carbons (Fsp3) is 0.769. The molecule has 0 radical (unpaired) electrons. The monoisotopic (exact) mass is 299 g/mol. The Bertz CT molecular complexity index is 442. The molecule has 0 bridgehead atoms. The maximum Gasteiger partial charge on any atom is 0.321 e. The smallest absolute Gasteiger partial charge is 0.321 e. The van der Waals surface area contributed by atoms with Gasteiger partial charge in [-0.05, 0) is 12.8 Å². The molecule has 2 aliphatic rings. The van der Waals surface area contributed by atoms with Crippen molar-refractivity contribution >= 4 is 17.8 Å². The standard InChI is InChI=1S/C13H21N3O5/c14-12(19)8-2-1-3-15(5-8)11(18)7-16-6-9(17)4-10(16)13(20)21/h8-10,17H,1-7H2,(H2,14,19)(H,20,21). The van der Waals surface area contributed by atoms with Gasteiger partial charge in [0.15, 0.2) is 0 Å². The number of β-amino-alcohol motifs (C(OH)–C–C–N with tert-alkyl or cyclic N) is 1. The maximum absolute atomic E-state index is 12.3. The lowest BCUT2D eigenvalue weighted by molar-refractivity contribution is -0.143. The number of amides is 2. The predicted molar refractivity (Wildman–Crippen MR) is 72.1 cm³/mol. The van der Waals surface area contributed by atoms with Crippen LogP contribution in [0.4, 0.5) is 0 Å². The molecule has 2 fully saturated rings. The Labute approximate surface area is 122 Å². The Kier molecular flexibility index (Phi) is 4.79. The van der Waals surface area contributed by atoms with E-state index in [1.165, 1.54) is 4.90 Å². The zero-order chi connectivity index (χ0) is 15.6. The Morgan fingerprint density at radius 2 is 1.95 bits per heavy atom. The number of aliphatic hydroxyl groups is 1. The van der Waals surface area contributed by atoms with E-state index < -0.39 is 24.0 Å². The molecule has 2 rings (SSSR count). The Morgan fingerprint density at radius 1 is 1.24 bits per heavy atom. The van der Waals surface area contributed by atoms with Crippen molar-refractivity contribution in [1.82, 2.24) is 9.80 Å². The van der Waals surface area contributed by atoms with Crippen LogP contribution in [0.2, 0.25) is 0 Å². The normalized spacial score (nSPS) is 30.3. The number of aliphatic hydroxyl groups excluding tert-OH is 1. The van der Waals surface area contributed by atoms with Crippen LogP contribution in [0, 0.1) is 5.92 Å². The van der Waals surface area contributed by atoms with E-state index in [1.807, 2.05) is 0 Å². The quantitative estimate of drug-likeness (QED) is 0.564. The largest absolute Gasteiger partial charge is 0.480 e. The summed E-state index contributed by atoms with van der Waals surface area (Å²) >= 11 is 0. The van der Waals surface area contributed by atoms with Crippen LogP contribution in [-0.4, -0.2) is 76.1 Å². The summed E-state index contributed by atoms with van der Waals surface area (Å²) in [5.41, 5.74) is 5.28. The third-order valence-electron chi connectivity index (χ3n) is 4.18. The van der Waals surface area contributed by atoms with Crippen molar-refractivity contribution < 1.29 is 24.6 Å². The van der Waals surface area contributed by atoms with Crippen LogP contribution in [0.15, 0.2) is 0 Å². The molecule has 2 heterocycles. The van der Waals surface area contributed by atoms with Gasteiger partial charge in [0.1, 0.15) is 6.04 Å². The third-order valence-corrected chi connectivity index (χ3v) is 4.18. The number of carbonyl (C=O) groups is 3. The second-order valence-corrected chi connectivity index (χ2v) is 5.75. The number of hydrogen-bond acceptors (Lipinski definition) is 5. The van der Waals surface area contributed by atoms with Crippen molar-refractivity contribution in [2.75, 3.05) is 26.2 Å². The maximum atomic E-state index is 12.3. The molecule has 2 aliphatic heterocycles. The molecule has 0 aromatic rings. The SMILES string of the molecule is NC(=O)C1CCCN(C(=O)CN2CC(O)CC2C(=O)O)C1. The van der Waals surface area contributed by atoms with Crippen molar-refractivity contribution in [2.45, 2.75) is 31.4 Å². The van der Waals surface area contributed by atoms with E-state index in [0.29, 0.717) is 25.9 Å². The van der Waals surface area contributed by atoms with Crippen molar-refractivity contribution in [2.24, 2.45) is 11.7 Å². The first-order valence-electron chi connectivity index (χ1n) is 7.10.